The average Bonchev–Trinajstić information content (AvgIpc) is 3.13. The van der Waals surface area contributed by atoms with Crippen LogP contribution >= 0.6 is 0 Å². The monoisotopic (exact) mass is 351 g/mol. The van der Waals surface area contributed by atoms with Gasteiger partial charge in [-0.25, -0.2) is 4.79 Å². The number of hydrogen-bond acceptors (Lipinski definition) is 2. The largest absolute Gasteiger partial charge is 0.356 e. The SMILES string of the molecule is CCNC(=O)C1CCN(C(=O)Nc2ccc(-c3cccc(C)c3)cc2)C1. The van der Waals surface area contributed by atoms with Crippen molar-refractivity contribution in [1.82, 2.24) is 10.2 Å². The molecule has 0 radical (unpaired) electrons. The first kappa shape index (κ1) is 18.0. The van der Waals surface area contributed by atoms with Crippen LogP contribution in [0.4, 0.5) is 10.5 Å². The minimum atomic E-state index is -0.153. The topological polar surface area (TPSA) is 61.4 Å². The molecule has 1 unspecified atom stereocenters. The fraction of sp³-hybridized carbons (Fsp3) is 0.333. The van der Waals surface area contributed by atoms with E-state index in [0.29, 0.717) is 26.1 Å². The van der Waals surface area contributed by atoms with Gasteiger partial charge in [0, 0.05) is 25.3 Å². The van der Waals surface area contributed by atoms with Crippen LogP contribution in [0.3, 0.4) is 0 Å². The molecule has 0 spiro atoms. The molecule has 1 heterocycles. The molecule has 5 nitrogen and oxygen atoms in total. The van der Waals surface area contributed by atoms with Gasteiger partial charge in [-0.1, -0.05) is 42.0 Å². The third kappa shape index (κ3) is 4.23. The van der Waals surface area contributed by atoms with Crippen molar-refractivity contribution in [2.45, 2.75) is 20.3 Å². The minimum absolute atomic E-state index is 0.0327. The Kier molecular flexibility index (Phi) is 5.56. The molecule has 1 fully saturated rings. The standard InChI is InChI=1S/C21H25N3O2/c1-3-22-20(25)18-11-12-24(14-18)21(26)23-19-9-7-16(8-10-19)17-6-4-5-15(2)13-17/h4-10,13,18H,3,11-12,14H2,1-2H3,(H,22,25)(H,23,26). The molecule has 0 saturated carbocycles. The first-order chi connectivity index (χ1) is 12.6. The average molecular weight is 351 g/mol. The molecule has 1 atom stereocenters. The molecular weight excluding hydrogens is 326 g/mol. The van der Waals surface area contributed by atoms with Crippen molar-refractivity contribution in [3.05, 3.63) is 54.1 Å². The zero-order valence-electron chi connectivity index (χ0n) is 15.3. The van der Waals surface area contributed by atoms with Crippen LogP contribution in [0.2, 0.25) is 0 Å². The summed E-state index contributed by atoms with van der Waals surface area (Å²) in [4.78, 5) is 26.0. The summed E-state index contributed by atoms with van der Waals surface area (Å²) in [6.45, 7) is 5.67. The molecule has 1 aliphatic heterocycles. The number of benzene rings is 2. The number of aryl methyl sites for hydroxylation is 1. The molecule has 2 aromatic rings. The van der Waals surface area contributed by atoms with Crippen LogP contribution in [0.5, 0.6) is 0 Å². The lowest BCUT2D eigenvalue weighted by molar-refractivity contribution is -0.124. The lowest BCUT2D eigenvalue weighted by Gasteiger charge is -2.17. The summed E-state index contributed by atoms with van der Waals surface area (Å²) in [5.74, 6) is -0.0743. The van der Waals surface area contributed by atoms with Crippen LogP contribution in [0.25, 0.3) is 11.1 Å². The Morgan fingerprint density at radius 2 is 1.88 bits per heavy atom. The fourth-order valence-corrected chi connectivity index (χ4v) is 3.25. The maximum Gasteiger partial charge on any atom is 0.321 e. The van der Waals surface area contributed by atoms with Gasteiger partial charge < -0.3 is 15.5 Å². The van der Waals surface area contributed by atoms with E-state index in [1.165, 1.54) is 5.56 Å². The molecule has 1 saturated heterocycles. The molecular formula is C21H25N3O2. The zero-order chi connectivity index (χ0) is 18.5. The molecule has 0 aliphatic carbocycles. The third-order valence-corrected chi connectivity index (χ3v) is 4.68. The van der Waals surface area contributed by atoms with Crippen molar-refractivity contribution in [1.29, 1.82) is 0 Å². The van der Waals surface area contributed by atoms with Crippen molar-refractivity contribution in [2.24, 2.45) is 5.92 Å². The Morgan fingerprint density at radius 1 is 1.12 bits per heavy atom. The molecule has 0 aromatic heterocycles. The molecule has 136 valence electrons. The van der Waals surface area contributed by atoms with E-state index in [2.05, 4.69) is 35.8 Å². The Morgan fingerprint density at radius 3 is 2.58 bits per heavy atom. The lowest BCUT2D eigenvalue weighted by atomic mass is 10.0. The van der Waals surface area contributed by atoms with Crippen LogP contribution < -0.4 is 10.6 Å². The molecule has 1 aliphatic rings. The van der Waals surface area contributed by atoms with E-state index < -0.39 is 0 Å². The van der Waals surface area contributed by atoms with Gasteiger partial charge in [0.2, 0.25) is 5.91 Å². The molecule has 2 aromatic carbocycles. The van der Waals surface area contributed by atoms with Crippen LogP contribution in [0.15, 0.2) is 48.5 Å². The maximum absolute atomic E-state index is 12.4. The first-order valence-electron chi connectivity index (χ1n) is 9.07. The summed E-state index contributed by atoms with van der Waals surface area (Å²) in [5, 5.41) is 5.75. The molecule has 3 rings (SSSR count). The number of nitrogens with one attached hydrogen (secondary N) is 2. The van der Waals surface area contributed by atoms with E-state index in [0.717, 1.165) is 16.8 Å². The predicted molar refractivity (Wildman–Crippen MR) is 104 cm³/mol. The molecule has 2 N–H and O–H groups in total. The second-order valence-electron chi connectivity index (χ2n) is 6.70. The van der Waals surface area contributed by atoms with Crippen LogP contribution in [-0.2, 0) is 4.79 Å². The highest BCUT2D eigenvalue weighted by atomic mass is 16.2. The van der Waals surface area contributed by atoms with Gasteiger partial charge in [0.15, 0.2) is 0 Å². The predicted octanol–water partition coefficient (Wildman–Crippen LogP) is 3.65. The van der Waals surface area contributed by atoms with Gasteiger partial charge in [0.25, 0.3) is 0 Å². The quantitative estimate of drug-likeness (QED) is 0.883. The van der Waals surface area contributed by atoms with E-state index in [-0.39, 0.29) is 17.9 Å². The zero-order valence-corrected chi connectivity index (χ0v) is 15.3. The number of anilines is 1. The van der Waals surface area contributed by atoms with Gasteiger partial charge in [-0.05, 0) is 43.5 Å². The Hall–Kier alpha value is -2.82. The molecule has 26 heavy (non-hydrogen) atoms. The smallest absolute Gasteiger partial charge is 0.321 e. The number of carbonyl (C=O) groups is 2. The molecule has 0 bridgehead atoms. The van der Waals surface area contributed by atoms with E-state index in [1.807, 2.05) is 37.3 Å². The number of carbonyl (C=O) groups excluding carboxylic acids is 2. The highest BCUT2D eigenvalue weighted by Crippen LogP contribution is 2.23. The van der Waals surface area contributed by atoms with Crippen LogP contribution in [0.1, 0.15) is 18.9 Å². The number of hydrogen-bond donors (Lipinski definition) is 2. The van der Waals surface area contributed by atoms with Gasteiger partial charge >= 0.3 is 6.03 Å². The molecule has 5 heteroatoms. The first-order valence-corrected chi connectivity index (χ1v) is 9.07. The van der Waals surface area contributed by atoms with Crippen molar-refractivity contribution in [3.8, 4) is 11.1 Å². The van der Waals surface area contributed by atoms with Crippen molar-refractivity contribution in [3.63, 3.8) is 0 Å². The molecule has 3 amide bonds. The number of likely N-dealkylation sites (tertiary alicyclic amines) is 1. The van der Waals surface area contributed by atoms with Gasteiger partial charge in [-0.2, -0.15) is 0 Å². The van der Waals surface area contributed by atoms with Gasteiger partial charge in [-0.15, -0.1) is 0 Å². The summed E-state index contributed by atoms with van der Waals surface area (Å²) in [5.41, 5.74) is 4.25. The highest BCUT2D eigenvalue weighted by molar-refractivity contribution is 5.90. The summed E-state index contributed by atoms with van der Waals surface area (Å²) in [6, 6.07) is 16.0. The summed E-state index contributed by atoms with van der Waals surface area (Å²) in [6.07, 6.45) is 0.714. The highest BCUT2D eigenvalue weighted by Gasteiger charge is 2.30. The van der Waals surface area contributed by atoms with Crippen molar-refractivity contribution < 1.29 is 9.59 Å². The number of rotatable bonds is 4. The third-order valence-electron chi connectivity index (χ3n) is 4.68. The van der Waals surface area contributed by atoms with E-state index in [1.54, 1.807) is 4.90 Å². The number of nitrogens with zero attached hydrogens (tertiary/aromatic N) is 1. The van der Waals surface area contributed by atoms with E-state index >= 15 is 0 Å². The van der Waals surface area contributed by atoms with Gasteiger partial charge in [0.05, 0.1) is 5.92 Å². The fourth-order valence-electron chi connectivity index (χ4n) is 3.25. The summed E-state index contributed by atoms with van der Waals surface area (Å²) >= 11 is 0. The van der Waals surface area contributed by atoms with Crippen molar-refractivity contribution in [2.75, 3.05) is 25.0 Å². The normalized spacial score (nSPS) is 16.4. The van der Waals surface area contributed by atoms with E-state index in [4.69, 9.17) is 0 Å². The minimum Gasteiger partial charge on any atom is -0.356 e. The van der Waals surface area contributed by atoms with Crippen LogP contribution in [-0.4, -0.2) is 36.5 Å². The van der Waals surface area contributed by atoms with E-state index in [9.17, 15) is 9.59 Å². The summed E-state index contributed by atoms with van der Waals surface area (Å²) < 4.78 is 0. The second-order valence-corrected chi connectivity index (χ2v) is 6.70. The van der Waals surface area contributed by atoms with Crippen molar-refractivity contribution >= 4 is 17.6 Å². The maximum atomic E-state index is 12.4. The Labute approximate surface area is 154 Å². The Balaban J connectivity index is 1.59. The van der Waals surface area contributed by atoms with Crippen LogP contribution in [0, 0.1) is 12.8 Å². The Bertz CT molecular complexity index is 786. The number of urea groups is 1. The summed E-state index contributed by atoms with van der Waals surface area (Å²) in [7, 11) is 0. The van der Waals surface area contributed by atoms with Gasteiger partial charge in [0.1, 0.15) is 0 Å². The second kappa shape index (κ2) is 8.04. The number of amides is 3. The van der Waals surface area contributed by atoms with Gasteiger partial charge in [-0.3, -0.25) is 4.79 Å². The lowest BCUT2D eigenvalue weighted by Crippen LogP contribution is -2.36.